The fourth-order valence-corrected chi connectivity index (χ4v) is 3.03. The predicted octanol–water partition coefficient (Wildman–Crippen LogP) is 1.29. The summed E-state index contributed by atoms with van der Waals surface area (Å²) in [6.45, 7) is 0.327. The Hall–Kier alpha value is -3.27. The van der Waals surface area contributed by atoms with Gasteiger partial charge in [-0.05, 0) is 18.9 Å². The van der Waals surface area contributed by atoms with E-state index in [9.17, 15) is 14.3 Å². The maximum Gasteiger partial charge on any atom is 0.255 e. The number of nitrogens with one attached hydrogen (secondary N) is 1. The zero-order valence-electron chi connectivity index (χ0n) is 16.0. The van der Waals surface area contributed by atoms with E-state index in [0.29, 0.717) is 35.1 Å². The number of amides is 1. The molecule has 1 aliphatic rings. The van der Waals surface area contributed by atoms with Gasteiger partial charge in [-0.2, -0.15) is 4.98 Å². The summed E-state index contributed by atoms with van der Waals surface area (Å²) in [6, 6.07) is 1.31. The Morgan fingerprint density at radius 2 is 2.10 bits per heavy atom. The summed E-state index contributed by atoms with van der Waals surface area (Å²) in [7, 11) is 2.91. The maximum atomic E-state index is 13.7. The van der Waals surface area contributed by atoms with Crippen LogP contribution in [-0.2, 0) is 6.54 Å². The van der Waals surface area contributed by atoms with E-state index < -0.39 is 11.4 Å². The summed E-state index contributed by atoms with van der Waals surface area (Å²) in [6.07, 6.45) is 5.40. The monoisotopic (exact) mass is 401 g/mol. The standard InChI is InChI=1S/C19H20FN5O4/c1-28-14-7-21-15-13(17(26)23-10-19(27)3-4-19)9-25(16(15)24-14)8-11-5-12(20)6-22-18(11)29-2/h5-7,9,27H,3-4,8,10H2,1-2H3,(H,23,26). The number of aromatic nitrogens is 4. The van der Waals surface area contributed by atoms with Crippen molar-refractivity contribution in [3.8, 4) is 11.8 Å². The van der Waals surface area contributed by atoms with Crippen LogP contribution in [0.4, 0.5) is 4.39 Å². The van der Waals surface area contributed by atoms with Gasteiger partial charge in [-0.1, -0.05) is 0 Å². The Morgan fingerprint density at radius 1 is 1.31 bits per heavy atom. The number of pyridine rings is 1. The lowest BCUT2D eigenvalue weighted by Gasteiger charge is -2.09. The van der Waals surface area contributed by atoms with Crippen LogP contribution >= 0.6 is 0 Å². The highest BCUT2D eigenvalue weighted by Gasteiger charge is 2.40. The number of halogens is 1. The van der Waals surface area contributed by atoms with Crippen molar-refractivity contribution in [3.63, 3.8) is 0 Å². The first-order chi connectivity index (χ1) is 13.9. The summed E-state index contributed by atoms with van der Waals surface area (Å²) in [4.78, 5) is 25.3. The predicted molar refractivity (Wildman–Crippen MR) is 100 cm³/mol. The third-order valence-electron chi connectivity index (χ3n) is 4.83. The second kappa shape index (κ2) is 7.28. The Labute approximate surface area is 165 Å². The third kappa shape index (κ3) is 3.83. The summed E-state index contributed by atoms with van der Waals surface area (Å²) in [5.41, 5.74) is 0.722. The number of methoxy groups -OCH3 is 2. The summed E-state index contributed by atoms with van der Waals surface area (Å²) >= 11 is 0. The number of rotatable bonds is 7. The largest absolute Gasteiger partial charge is 0.481 e. The molecule has 0 saturated heterocycles. The molecule has 0 spiro atoms. The molecule has 0 aliphatic heterocycles. The van der Waals surface area contributed by atoms with E-state index in [0.717, 1.165) is 6.20 Å². The smallest absolute Gasteiger partial charge is 0.255 e. The van der Waals surface area contributed by atoms with Gasteiger partial charge in [0.25, 0.3) is 5.91 Å². The SMILES string of the molecule is COc1cnc2c(C(=O)NCC3(O)CC3)cn(Cc3cc(F)cnc3OC)c2n1. The number of carbonyl (C=O) groups excluding carboxylic acids is 1. The molecule has 10 heteroatoms. The highest BCUT2D eigenvalue weighted by atomic mass is 19.1. The van der Waals surface area contributed by atoms with E-state index in [4.69, 9.17) is 9.47 Å². The number of ether oxygens (including phenoxy) is 2. The third-order valence-corrected chi connectivity index (χ3v) is 4.83. The van der Waals surface area contributed by atoms with Crippen LogP contribution in [0.3, 0.4) is 0 Å². The lowest BCUT2D eigenvalue weighted by atomic mass is 10.2. The molecule has 4 rings (SSSR count). The van der Waals surface area contributed by atoms with Crippen LogP contribution in [-0.4, -0.2) is 56.9 Å². The number of fused-ring (bicyclic) bond motifs is 1. The Morgan fingerprint density at radius 3 is 2.79 bits per heavy atom. The van der Waals surface area contributed by atoms with Crippen LogP contribution < -0.4 is 14.8 Å². The molecule has 1 aliphatic carbocycles. The van der Waals surface area contributed by atoms with Gasteiger partial charge in [0.15, 0.2) is 5.65 Å². The van der Waals surface area contributed by atoms with Crippen molar-refractivity contribution in [3.05, 3.63) is 41.6 Å². The van der Waals surface area contributed by atoms with Crippen molar-refractivity contribution in [2.45, 2.75) is 25.0 Å². The van der Waals surface area contributed by atoms with E-state index in [2.05, 4.69) is 20.3 Å². The minimum Gasteiger partial charge on any atom is -0.481 e. The van der Waals surface area contributed by atoms with Crippen LogP contribution in [0.25, 0.3) is 11.2 Å². The van der Waals surface area contributed by atoms with Gasteiger partial charge in [0.1, 0.15) is 11.3 Å². The van der Waals surface area contributed by atoms with Crippen molar-refractivity contribution in [1.29, 1.82) is 0 Å². The van der Waals surface area contributed by atoms with E-state index in [1.54, 1.807) is 10.8 Å². The van der Waals surface area contributed by atoms with Crippen LogP contribution in [0.15, 0.2) is 24.7 Å². The minimum absolute atomic E-state index is 0.156. The van der Waals surface area contributed by atoms with Gasteiger partial charge >= 0.3 is 0 Å². The molecule has 0 radical (unpaired) electrons. The topological polar surface area (TPSA) is 111 Å². The molecule has 3 heterocycles. The molecule has 0 bridgehead atoms. The van der Waals surface area contributed by atoms with Gasteiger partial charge in [-0.3, -0.25) is 4.79 Å². The van der Waals surface area contributed by atoms with E-state index in [1.807, 2.05) is 0 Å². The molecule has 29 heavy (non-hydrogen) atoms. The second-order valence-corrected chi connectivity index (χ2v) is 6.98. The Bertz CT molecular complexity index is 1080. The van der Waals surface area contributed by atoms with Crippen molar-refractivity contribution in [2.75, 3.05) is 20.8 Å². The van der Waals surface area contributed by atoms with Crippen LogP contribution in [0.2, 0.25) is 0 Å². The molecule has 1 saturated carbocycles. The number of aliphatic hydroxyl groups is 1. The number of hydrogen-bond acceptors (Lipinski definition) is 7. The summed E-state index contributed by atoms with van der Waals surface area (Å²) in [5, 5.41) is 12.7. The normalized spacial score (nSPS) is 14.6. The van der Waals surface area contributed by atoms with Crippen molar-refractivity contribution in [1.82, 2.24) is 24.8 Å². The van der Waals surface area contributed by atoms with Gasteiger partial charge < -0.3 is 24.5 Å². The molecular weight excluding hydrogens is 381 g/mol. The second-order valence-electron chi connectivity index (χ2n) is 6.98. The minimum atomic E-state index is -0.816. The molecule has 9 nitrogen and oxygen atoms in total. The molecule has 0 aromatic carbocycles. The number of nitrogens with zero attached hydrogens (tertiary/aromatic N) is 4. The molecule has 3 aromatic rings. The zero-order chi connectivity index (χ0) is 20.6. The van der Waals surface area contributed by atoms with E-state index >= 15 is 0 Å². The van der Waals surface area contributed by atoms with Crippen molar-refractivity contribution < 1.29 is 23.8 Å². The number of carbonyl (C=O) groups is 1. The van der Waals surface area contributed by atoms with Gasteiger partial charge in [-0.25, -0.2) is 14.4 Å². The molecule has 1 amide bonds. The first-order valence-corrected chi connectivity index (χ1v) is 9.01. The van der Waals surface area contributed by atoms with Crippen molar-refractivity contribution in [2.24, 2.45) is 0 Å². The average molecular weight is 401 g/mol. The van der Waals surface area contributed by atoms with Gasteiger partial charge in [0.05, 0.1) is 44.3 Å². The molecular formula is C19H20FN5O4. The molecule has 2 N–H and O–H groups in total. The average Bonchev–Trinajstić information content (AvgIpc) is 3.36. The lowest BCUT2D eigenvalue weighted by molar-refractivity contribution is 0.0897. The Kier molecular flexibility index (Phi) is 4.79. The molecule has 0 unspecified atom stereocenters. The quantitative estimate of drug-likeness (QED) is 0.614. The van der Waals surface area contributed by atoms with E-state index in [-0.39, 0.29) is 30.8 Å². The molecule has 0 atom stereocenters. The summed E-state index contributed by atoms with van der Waals surface area (Å²) in [5.74, 6) is -0.332. The highest BCUT2D eigenvalue weighted by Crippen LogP contribution is 2.34. The van der Waals surface area contributed by atoms with Gasteiger partial charge in [-0.15, -0.1) is 0 Å². The van der Waals surface area contributed by atoms with E-state index in [1.165, 1.54) is 26.5 Å². The molecule has 152 valence electrons. The van der Waals surface area contributed by atoms with Crippen LogP contribution in [0.1, 0.15) is 28.8 Å². The van der Waals surface area contributed by atoms with Crippen LogP contribution in [0.5, 0.6) is 11.8 Å². The Balaban J connectivity index is 1.73. The molecule has 3 aromatic heterocycles. The van der Waals surface area contributed by atoms with Gasteiger partial charge in [0.2, 0.25) is 11.8 Å². The first-order valence-electron chi connectivity index (χ1n) is 9.01. The first kappa shape index (κ1) is 19.1. The maximum absolute atomic E-state index is 13.7. The zero-order valence-corrected chi connectivity index (χ0v) is 16.0. The summed E-state index contributed by atoms with van der Waals surface area (Å²) < 4.78 is 25.7. The van der Waals surface area contributed by atoms with Crippen molar-refractivity contribution >= 4 is 17.1 Å². The van der Waals surface area contributed by atoms with Crippen LogP contribution in [0, 0.1) is 5.82 Å². The fourth-order valence-electron chi connectivity index (χ4n) is 3.03. The lowest BCUT2D eigenvalue weighted by Crippen LogP contribution is -2.33. The number of hydrogen-bond donors (Lipinski definition) is 2. The molecule has 1 fully saturated rings. The fraction of sp³-hybridized carbons (Fsp3) is 0.368. The highest BCUT2D eigenvalue weighted by molar-refractivity contribution is 6.04. The van der Waals surface area contributed by atoms with Gasteiger partial charge in [0, 0.05) is 18.3 Å².